The van der Waals surface area contributed by atoms with Gasteiger partial charge in [-0.15, -0.1) is 0 Å². The SMILES string of the molecule is C[C@]12CC[C@@H]3c4ccc(OC(=O)c5ccccc5)cc4CC[C@H]3[C@@H]1CC[C@@H]2OC(=O)CNC(=O)CCC(=O)O. The average molecular weight is 534 g/mol. The lowest BCUT2D eigenvalue weighted by Crippen LogP contribution is -2.46. The van der Waals surface area contributed by atoms with E-state index in [-0.39, 0.29) is 36.9 Å². The summed E-state index contributed by atoms with van der Waals surface area (Å²) < 4.78 is 11.5. The van der Waals surface area contributed by atoms with Gasteiger partial charge in [-0.1, -0.05) is 31.2 Å². The van der Waals surface area contributed by atoms with Crippen LogP contribution in [0.3, 0.4) is 0 Å². The molecule has 5 atom stereocenters. The molecule has 3 aliphatic carbocycles. The highest BCUT2D eigenvalue weighted by molar-refractivity contribution is 5.91. The number of rotatable bonds is 8. The van der Waals surface area contributed by atoms with Crippen LogP contribution >= 0.6 is 0 Å². The molecule has 0 heterocycles. The van der Waals surface area contributed by atoms with Crippen LogP contribution in [0.2, 0.25) is 0 Å². The van der Waals surface area contributed by atoms with Gasteiger partial charge in [0.1, 0.15) is 18.4 Å². The number of nitrogens with one attached hydrogen (secondary N) is 1. The summed E-state index contributed by atoms with van der Waals surface area (Å²) in [5, 5.41) is 11.2. The second-order valence-electron chi connectivity index (χ2n) is 11.3. The first-order chi connectivity index (χ1) is 18.7. The van der Waals surface area contributed by atoms with Crippen LogP contribution in [-0.2, 0) is 25.5 Å². The van der Waals surface area contributed by atoms with E-state index in [9.17, 15) is 19.2 Å². The van der Waals surface area contributed by atoms with Crippen molar-refractivity contribution in [3.8, 4) is 5.75 Å². The average Bonchev–Trinajstić information content (AvgIpc) is 3.26. The third-order valence-electron chi connectivity index (χ3n) is 9.10. The van der Waals surface area contributed by atoms with Gasteiger partial charge in [0.05, 0.1) is 12.0 Å². The van der Waals surface area contributed by atoms with Crippen molar-refractivity contribution < 1.29 is 33.8 Å². The zero-order chi connectivity index (χ0) is 27.6. The summed E-state index contributed by atoms with van der Waals surface area (Å²) in [6, 6.07) is 15.0. The van der Waals surface area contributed by atoms with Crippen molar-refractivity contribution in [2.75, 3.05) is 6.54 Å². The fraction of sp³-hybridized carbons (Fsp3) is 0.484. The molecule has 0 bridgehead atoms. The highest BCUT2D eigenvalue weighted by Crippen LogP contribution is 2.61. The summed E-state index contributed by atoms with van der Waals surface area (Å²) in [4.78, 5) is 47.4. The molecule has 0 aliphatic heterocycles. The van der Waals surface area contributed by atoms with Crippen LogP contribution in [0, 0.1) is 17.3 Å². The van der Waals surface area contributed by atoms with Crippen LogP contribution in [0.5, 0.6) is 5.75 Å². The summed E-state index contributed by atoms with van der Waals surface area (Å²) >= 11 is 0. The standard InChI is InChI=1S/C31H35NO7/c1-31-16-15-23-22-10-8-21(38-30(37)19-5-3-2-4-6-19)17-20(22)7-9-24(23)25(31)11-12-26(31)39-29(36)18-32-27(33)13-14-28(34)35/h2-6,8,10,17,23-26H,7,9,11-16,18H2,1H3,(H,32,33)(H,34,35)/t23-,24-,25+,26+,31+/m1/s1. The number of carbonyl (C=O) groups excluding carboxylic acids is 3. The molecular weight excluding hydrogens is 498 g/mol. The number of fused-ring (bicyclic) bond motifs is 5. The Bertz CT molecular complexity index is 1260. The Morgan fingerprint density at radius 1 is 1.00 bits per heavy atom. The van der Waals surface area contributed by atoms with E-state index < -0.39 is 17.8 Å². The van der Waals surface area contributed by atoms with Gasteiger partial charge in [-0.05, 0) is 91.7 Å². The van der Waals surface area contributed by atoms with Crippen LogP contribution in [0.1, 0.15) is 79.3 Å². The molecule has 2 N–H and O–H groups in total. The van der Waals surface area contributed by atoms with E-state index in [4.69, 9.17) is 14.6 Å². The molecule has 206 valence electrons. The number of ether oxygens (including phenoxy) is 2. The highest BCUT2D eigenvalue weighted by atomic mass is 16.5. The van der Waals surface area contributed by atoms with Crippen LogP contribution in [0.15, 0.2) is 48.5 Å². The van der Waals surface area contributed by atoms with E-state index in [0.717, 1.165) is 38.5 Å². The molecule has 3 aliphatic rings. The number of carboxylic acids is 1. The predicted molar refractivity (Wildman–Crippen MR) is 142 cm³/mol. The summed E-state index contributed by atoms with van der Waals surface area (Å²) in [5.41, 5.74) is 3.02. The maximum atomic E-state index is 12.5. The third-order valence-corrected chi connectivity index (χ3v) is 9.10. The van der Waals surface area contributed by atoms with Gasteiger partial charge in [-0.2, -0.15) is 0 Å². The molecule has 2 aromatic rings. The predicted octanol–water partition coefficient (Wildman–Crippen LogP) is 4.65. The van der Waals surface area contributed by atoms with Crippen molar-refractivity contribution in [2.24, 2.45) is 17.3 Å². The number of benzene rings is 2. The number of amides is 1. The van der Waals surface area contributed by atoms with Crippen LogP contribution in [0.4, 0.5) is 0 Å². The van der Waals surface area contributed by atoms with Gasteiger partial charge in [0.25, 0.3) is 0 Å². The van der Waals surface area contributed by atoms with Gasteiger partial charge in [0.15, 0.2) is 0 Å². The molecule has 8 nitrogen and oxygen atoms in total. The van der Waals surface area contributed by atoms with Crippen molar-refractivity contribution in [1.29, 1.82) is 0 Å². The summed E-state index contributed by atoms with van der Waals surface area (Å²) in [6.07, 6.45) is 5.13. The zero-order valence-electron chi connectivity index (χ0n) is 22.2. The van der Waals surface area contributed by atoms with Crippen molar-refractivity contribution in [3.05, 3.63) is 65.2 Å². The van der Waals surface area contributed by atoms with E-state index in [2.05, 4.69) is 18.3 Å². The number of hydrogen-bond donors (Lipinski definition) is 2. The topological polar surface area (TPSA) is 119 Å². The molecule has 39 heavy (non-hydrogen) atoms. The largest absolute Gasteiger partial charge is 0.481 e. The van der Waals surface area contributed by atoms with Crippen molar-refractivity contribution in [1.82, 2.24) is 5.32 Å². The lowest BCUT2D eigenvalue weighted by atomic mass is 9.55. The number of aliphatic carboxylic acids is 1. The molecule has 2 aromatic carbocycles. The van der Waals surface area contributed by atoms with Gasteiger partial charge in [-0.25, -0.2) is 4.79 Å². The van der Waals surface area contributed by atoms with E-state index in [0.29, 0.717) is 29.1 Å². The Labute approximate surface area is 228 Å². The molecule has 0 aromatic heterocycles. The third kappa shape index (κ3) is 5.70. The molecule has 0 unspecified atom stereocenters. The van der Waals surface area contributed by atoms with Gasteiger partial charge < -0.3 is 19.9 Å². The lowest BCUT2D eigenvalue weighted by molar-refractivity contribution is -0.157. The lowest BCUT2D eigenvalue weighted by Gasteiger charge is -2.50. The number of aryl methyl sites for hydroxylation is 1. The fourth-order valence-electron chi connectivity index (χ4n) is 7.19. The summed E-state index contributed by atoms with van der Waals surface area (Å²) in [5.74, 6) is -0.382. The van der Waals surface area contributed by atoms with Crippen LogP contribution < -0.4 is 10.1 Å². The minimum atomic E-state index is -1.05. The monoisotopic (exact) mass is 533 g/mol. The fourth-order valence-corrected chi connectivity index (χ4v) is 7.19. The maximum Gasteiger partial charge on any atom is 0.343 e. The normalized spacial score (nSPS) is 26.9. The van der Waals surface area contributed by atoms with Gasteiger partial charge in [-0.3, -0.25) is 14.4 Å². The van der Waals surface area contributed by atoms with Crippen molar-refractivity contribution in [2.45, 2.75) is 70.3 Å². The quantitative estimate of drug-likeness (QED) is 0.374. The Morgan fingerprint density at radius 3 is 2.56 bits per heavy atom. The first-order valence-electron chi connectivity index (χ1n) is 13.8. The molecular formula is C31H35NO7. The molecule has 1 amide bonds. The highest BCUT2D eigenvalue weighted by Gasteiger charge is 2.56. The van der Waals surface area contributed by atoms with Crippen LogP contribution in [-0.4, -0.2) is 41.6 Å². The molecule has 8 heteroatoms. The minimum absolute atomic E-state index is 0.104. The van der Waals surface area contributed by atoms with E-state index in [1.54, 1.807) is 12.1 Å². The smallest absolute Gasteiger partial charge is 0.343 e. The van der Waals surface area contributed by atoms with Crippen molar-refractivity contribution >= 4 is 23.8 Å². The molecule has 0 spiro atoms. The van der Waals surface area contributed by atoms with E-state index >= 15 is 0 Å². The van der Waals surface area contributed by atoms with Gasteiger partial charge in [0.2, 0.25) is 5.91 Å². The Kier molecular flexibility index (Phi) is 7.73. The van der Waals surface area contributed by atoms with E-state index in [1.165, 1.54) is 11.1 Å². The Morgan fingerprint density at radius 2 is 1.79 bits per heavy atom. The Hall–Kier alpha value is -3.68. The molecule has 0 saturated heterocycles. The summed E-state index contributed by atoms with van der Waals surface area (Å²) in [6.45, 7) is 2.00. The second-order valence-corrected chi connectivity index (χ2v) is 11.3. The molecule has 0 radical (unpaired) electrons. The minimum Gasteiger partial charge on any atom is -0.481 e. The molecule has 2 saturated carbocycles. The summed E-state index contributed by atoms with van der Waals surface area (Å²) in [7, 11) is 0. The molecule has 2 fully saturated rings. The molecule has 5 rings (SSSR count). The van der Waals surface area contributed by atoms with E-state index in [1.807, 2.05) is 30.3 Å². The van der Waals surface area contributed by atoms with Crippen molar-refractivity contribution in [3.63, 3.8) is 0 Å². The zero-order valence-corrected chi connectivity index (χ0v) is 22.2. The first kappa shape index (κ1) is 26.9. The van der Waals surface area contributed by atoms with Gasteiger partial charge >= 0.3 is 17.9 Å². The number of carbonyl (C=O) groups is 4. The second kappa shape index (κ2) is 11.2. The number of esters is 2. The van der Waals surface area contributed by atoms with Gasteiger partial charge in [0, 0.05) is 11.8 Å². The maximum absolute atomic E-state index is 12.5. The number of hydrogen-bond acceptors (Lipinski definition) is 6. The first-order valence-corrected chi connectivity index (χ1v) is 13.8. The Balaban J connectivity index is 1.20. The van der Waals surface area contributed by atoms with Crippen LogP contribution in [0.25, 0.3) is 0 Å². The number of carboxylic acid groups (broad SMARTS) is 1.